The lowest BCUT2D eigenvalue weighted by Gasteiger charge is -2.22. The second-order valence-electron chi connectivity index (χ2n) is 4.73. The van der Waals surface area contributed by atoms with Gasteiger partial charge in [0.15, 0.2) is 0 Å². The molecule has 0 aromatic heterocycles. The minimum Gasteiger partial charge on any atom is -0.481 e. The molecule has 0 saturated carbocycles. The third kappa shape index (κ3) is 5.07. The third-order valence-corrected chi connectivity index (χ3v) is 2.78. The zero-order valence-corrected chi connectivity index (χ0v) is 11.0. The molecule has 0 spiro atoms. The normalized spacial score (nSPS) is 12.2. The molecule has 0 heterocycles. The van der Waals surface area contributed by atoms with E-state index >= 15 is 0 Å². The van der Waals surface area contributed by atoms with Gasteiger partial charge < -0.3 is 10.4 Å². The highest BCUT2D eigenvalue weighted by Crippen LogP contribution is 2.22. The number of aliphatic carboxylic acids is 1. The van der Waals surface area contributed by atoms with E-state index in [0.29, 0.717) is 0 Å². The highest BCUT2D eigenvalue weighted by molar-refractivity contribution is 5.80. The number of hydrogen-bond donors (Lipinski definition) is 2. The molecular weight excluding hydrogens is 249 g/mol. The molecular formula is C14H18FNO3. The van der Waals surface area contributed by atoms with Crippen LogP contribution in [0, 0.1) is 11.7 Å². The molecule has 0 radical (unpaired) electrons. The fourth-order valence-electron chi connectivity index (χ4n) is 1.77. The molecule has 1 aromatic carbocycles. The van der Waals surface area contributed by atoms with Gasteiger partial charge in [-0.05, 0) is 23.6 Å². The molecule has 4 nitrogen and oxygen atoms in total. The summed E-state index contributed by atoms with van der Waals surface area (Å²) in [5.41, 5.74) is 0.806. The second-order valence-corrected chi connectivity index (χ2v) is 4.73. The Hall–Kier alpha value is -1.91. The van der Waals surface area contributed by atoms with Crippen molar-refractivity contribution in [2.75, 3.05) is 0 Å². The highest BCUT2D eigenvalue weighted by atomic mass is 19.1. The van der Waals surface area contributed by atoms with Gasteiger partial charge in [0, 0.05) is 6.42 Å². The average Bonchev–Trinajstić information content (AvgIpc) is 2.34. The maximum absolute atomic E-state index is 12.9. The van der Waals surface area contributed by atoms with Crippen molar-refractivity contribution >= 4 is 11.9 Å². The van der Waals surface area contributed by atoms with E-state index in [0.717, 1.165) is 5.56 Å². The quantitative estimate of drug-likeness (QED) is 0.832. The number of carboxylic acid groups (broad SMARTS) is 1. The first-order valence-electron chi connectivity index (χ1n) is 6.16. The van der Waals surface area contributed by atoms with Crippen LogP contribution in [0.25, 0.3) is 0 Å². The van der Waals surface area contributed by atoms with Crippen LogP contribution < -0.4 is 5.32 Å². The van der Waals surface area contributed by atoms with Gasteiger partial charge in [0.1, 0.15) is 5.82 Å². The molecule has 1 atom stereocenters. The van der Waals surface area contributed by atoms with Crippen molar-refractivity contribution in [1.82, 2.24) is 5.32 Å². The van der Waals surface area contributed by atoms with Crippen LogP contribution in [0.2, 0.25) is 0 Å². The number of rotatable bonds is 6. The molecule has 0 aliphatic carbocycles. The van der Waals surface area contributed by atoms with Gasteiger partial charge in [-0.15, -0.1) is 0 Å². The van der Waals surface area contributed by atoms with Crippen molar-refractivity contribution in [1.29, 1.82) is 0 Å². The van der Waals surface area contributed by atoms with E-state index in [1.807, 2.05) is 13.8 Å². The fourth-order valence-corrected chi connectivity index (χ4v) is 1.77. The summed E-state index contributed by atoms with van der Waals surface area (Å²) in [7, 11) is 0. The Morgan fingerprint density at radius 2 is 1.79 bits per heavy atom. The lowest BCUT2D eigenvalue weighted by Crippen LogP contribution is -2.31. The van der Waals surface area contributed by atoms with Crippen LogP contribution in [0.1, 0.15) is 38.3 Å². The van der Waals surface area contributed by atoms with Crippen LogP contribution in [0.15, 0.2) is 24.3 Å². The SMILES string of the molecule is CC(C)C(NC(=O)CCC(=O)O)c1ccc(F)cc1. The minimum atomic E-state index is -1.00. The van der Waals surface area contributed by atoms with Crippen molar-refractivity contribution in [3.8, 4) is 0 Å². The molecule has 0 bridgehead atoms. The van der Waals surface area contributed by atoms with E-state index in [4.69, 9.17) is 5.11 Å². The smallest absolute Gasteiger partial charge is 0.303 e. The molecule has 1 rings (SSSR count). The Bertz CT molecular complexity index is 443. The van der Waals surface area contributed by atoms with Crippen LogP contribution in [0.5, 0.6) is 0 Å². The number of benzene rings is 1. The van der Waals surface area contributed by atoms with E-state index in [-0.39, 0.29) is 36.5 Å². The predicted molar refractivity (Wildman–Crippen MR) is 69.0 cm³/mol. The molecule has 1 aromatic rings. The predicted octanol–water partition coefficient (Wildman–Crippen LogP) is 2.50. The molecule has 19 heavy (non-hydrogen) atoms. The first kappa shape index (κ1) is 15.1. The lowest BCUT2D eigenvalue weighted by atomic mass is 9.96. The Morgan fingerprint density at radius 3 is 2.26 bits per heavy atom. The van der Waals surface area contributed by atoms with Gasteiger partial charge in [0.2, 0.25) is 5.91 Å². The van der Waals surface area contributed by atoms with Crippen molar-refractivity contribution in [3.05, 3.63) is 35.6 Å². The second kappa shape index (κ2) is 6.87. The van der Waals surface area contributed by atoms with Crippen molar-refractivity contribution in [2.24, 2.45) is 5.92 Å². The molecule has 0 saturated heterocycles. The first-order chi connectivity index (χ1) is 8.90. The Labute approximate surface area is 111 Å². The Balaban J connectivity index is 2.70. The minimum absolute atomic E-state index is 0.0558. The summed E-state index contributed by atoms with van der Waals surface area (Å²) in [6.07, 6.45) is -0.250. The van der Waals surface area contributed by atoms with Gasteiger partial charge in [0.25, 0.3) is 0 Å². The van der Waals surface area contributed by atoms with Gasteiger partial charge >= 0.3 is 5.97 Å². The number of carbonyl (C=O) groups is 2. The molecule has 2 N–H and O–H groups in total. The summed E-state index contributed by atoms with van der Waals surface area (Å²) in [5, 5.41) is 11.3. The summed E-state index contributed by atoms with van der Waals surface area (Å²) in [5.74, 6) is -1.52. The zero-order valence-electron chi connectivity index (χ0n) is 11.0. The van der Waals surface area contributed by atoms with Crippen molar-refractivity contribution < 1.29 is 19.1 Å². The maximum Gasteiger partial charge on any atom is 0.303 e. The average molecular weight is 267 g/mol. The van der Waals surface area contributed by atoms with Gasteiger partial charge in [-0.25, -0.2) is 4.39 Å². The van der Waals surface area contributed by atoms with Crippen molar-refractivity contribution in [3.63, 3.8) is 0 Å². The topological polar surface area (TPSA) is 66.4 Å². The van der Waals surface area contributed by atoms with Crippen LogP contribution in [0.3, 0.4) is 0 Å². The van der Waals surface area contributed by atoms with E-state index in [1.54, 1.807) is 12.1 Å². The summed E-state index contributed by atoms with van der Waals surface area (Å²) >= 11 is 0. The monoisotopic (exact) mass is 267 g/mol. The number of amides is 1. The third-order valence-electron chi connectivity index (χ3n) is 2.78. The van der Waals surface area contributed by atoms with Crippen LogP contribution in [0.4, 0.5) is 4.39 Å². The van der Waals surface area contributed by atoms with Crippen LogP contribution >= 0.6 is 0 Å². The van der Waals surface area contributed by atoms with Crippen LogP contribution in [-0.2, 0) is 9.59 Å². The first-order valence-corrected chi connectivity index (χ1v) is 6.16. The zero-order chi connectivity index (χ0) is 14.4. The molecule has 1 amide bonds. The van der Waals surface area contributed by atoms with E-state index in [1.165, 1.54) is 12.1 Å². The fraction of sp³-hybridized carbons (Fsp3) is 0.429. The molecule has 1 unspecified atom stereocenters. The van der Waals surface area contributed by atoms with Gasteiger partial charge in [0.05, 0.1) is 12.5 Å². The molecule has 0 fully saturated rings. The maximum atomic E-state index is 12.9. The summed E-state index contributed by atoms with van der Waals surface area (Å²) in [6, 6.07) is 5.68. The van der Waals surface area contributed by atoms with E-state index in [9.17, 15) is 14.0 Å². The van der Waals surface area contributed by atoms with Gasteiger partial charge in [-0.3, -0.25) is 9.59 Å². The molecule has 5 heteroatoms. The van der Waals surface area contributed by atoms with Crippen molar-refractivity contribution in [2.45, 2.75) is 32.7 Å². The number of carbonyl (C=O) groups excluding carboxylic acids is 1. The Morgan fingerprint density at radius 1 is 1.21 bits per heavy atom. The lowest BCUT2D eigenvalue weighted by molar-refractivity contribution is -0.139. The number of hydrogen-bond acceptors (Lipinski definition) is 2. The largest absolute Gasteiger partial charge is 0.481 e. The summed E-state index contributed by atoms with van der Waals surface area (Å²) in [6.45, 7) is 3.87. The van der Waals surface area contributed by atoms with E-state index in [2.05, 4.69) is 5.32 Å². The number of nitrogens with one attached hydrogen (secondary N) is 1. The Kier molecular flexibility index (Phi) is 5.48. The van der Waals surface area contributed by atoms with Gasteiger partial charge in [-0.2, -0.15) is 0 Å². The number of halogens is 1. The van der Waals surface area contributed by atoms with E-state index < -0.39 is 5.97 Å². The highest BCUT2D eigenvalue weighted by Gasteiger charge is 2.18. The molecule has 0 aliphatic rings. The van der Waals surface area contributed by atoms with Crippen LogP contribution in [-0.4, -0.2) is 17.0 Å². The van der Waals surface area contributed by atoms with Gasteiger partial charge in [-0.1, -0.05) is 26.0 Å². The standard InChI is InChI=1S/C14H18FNO3/c1-9(2)14(10-3-5-11(15)6-4-10)16-12(17)7-8-13(18)19/h3-6,9,14H,7-8H2,1-2H3,(H,16,17)(H,18,19). The summed E-state index contributed by atoms with van der Waals surface area (Å²) < 4.78 is 12.9. The molecule has 0 aliphatic heterocycles. The molecule has 104 valence electrons. The number of carboxylic acids is 1. The summed E-state index contributed by atoms with van der Waals surface area (Å²) in [4.78, 5) is 22.1.